The number of phenols is 1. The smallest absolute Gasteiger partial charge is 0.251 e. The Morgan fingerprint density at radius 1 is 0.900 bits per heavy atom. The molecule has 160 valence electrons. The molecule has 2 aromatic rings. The van der Waals surface area contributed by atoms with Crippen molar-refractivity contribution in [3.8, 4) is 5.75 Å². The number of amides is 1. The van der Waals surface area contributed by atoms with Gasteiger partial charge < -0.3 is 10.4 Å². The molecule has 1 amide bonds. The number of halogens is 1. The second-order valence-corrected chi connectivity index (χ2v) is 8.86. The van der Waals surface area contributed by atoms with Crippen LogP contribution in [0, 0.1) is 0 Å². The summed E-state index contributed by atoms with van der Waals surface area (Å²) in [5.74, 6) is 0.295. The van der Waals surface area contributed by atoms with Crippen LogP contribution >= 0.6 is 11.6 Å². The minimum absolute atomic E-state index is 0.123. The number of likely N-dealkylation sites (tertiary alicyclic amines) is 2. The molecular weight excluding hydrogens is 398 g/mol. The van der Waals surface area contributed by atoms with E-state index in [9.17, 15) is 9.90 Å². The number of carbonyl (C=O) groups excluding carboxylic acids is 1. The van der Waals surface area contributed by atoms with Crippen molar-refractivity contribution < 1.29 is 9.90 Å². The van der Waals surface area contributed by atoms with Gasteiger partial charge in [0.1, 0.15) is 5.75 Å². The molecule has 2 aliphatic heterocycles. The van der Waals surface area contributed by atoms with E-state index < -0.39 is 0 Å². The molecule has 0 unspecified atom stereocenters. The van der Waals surface area contributed by atoms with Gasteiger partial charge in [0, 0.05) is 41.3 Å². The molecule has 2 heterocycles. The van der Waals surface area contributed by atoms with Gasteiger partial charge in [-0.05, 0) is 93.8 Å². The van der Waals surface area contributed by atoms with Gasteiger partial charge in [-0.1, -0.05) is 11.6 Å². The molecule has 0 saturated carbocycles. The van der Waals surface area contributed by atoms with E-state index >= 15 is 0 Å². The number of nitrogens with one attached hydrogen (secondary N) is 1. The van der Waals surface area contributed by atoms with Crippen LogP contribution in [0.15, 0.2) is 36.4 Å². The van der Waals surface area contributed by atoms with Crippen molar-refractivity contribution in [1.29, 1.82) is 0 Å². The normalized spacial score (nSPS) is 17.5. The summed E-state index contributed by atoms with van der Waals surface area (Å²) in [4.78, 5) is 17.3. The van der Waals surface area contributed by atoms with Crippen molar-refractivity contribution in [1.82, 2.24) is 15.1 Å². The number of rotatable bonds is 7. The summed E-state index contributed by atoms with van der Waals surface area (Å²) in [6, 6.07) is 11.0. The number of phenolic OH excluding ortho intramolecular Hbond substituents is 1. The quantitative estimate of drug-likeness (QED) is 0.696. The van der Waals surface area contributed by atoms with E-state index in [4.69, 9.17) is 11.6 Å². The van der Waals surface area contributed by atoms with Crippen LogP contribution in [0.4, 0.5) is 0 Å². The van der Waals surface area contributed by atoms with Crippen LogP contribution in [-0.2, 0) is 19.6 Å². The molecule has 0 aromatic heterocycles. The average Bonchev–Trinajstić information content (AvgIpc) is 3.44. The maximum absolute atomic E-state index is 12.5. The average molecular weight is 428 g/mol. The van der Waals surface area contributed by atoms with Gasteiger partial charge >= 0.3 is 0 Å². The number of benzene rings is 2. The minimum atomic E-state index is -0.123. The molecule has 0 radical (unpaired) electrons. The van der Waals surface area contributed by atoms with E-state index in [1.165, 1.54) is 25.7 Å². The maximum Gasteiger partial charge on any atom is 0.251 e. The Kier molecular flexibility index (Phi) is 6.93. The fourth-order valence-electron chi connectivity index (χ4n) is 4.42. The van der Waals surface area contributed by atoms with Gasteiger partial charge in [-0.15, -0.1) is 0 Å². The summed E-state index contributed by atoms with van der Waals surface area (Å²) in [5, 5.41) is 14.6. The third-order valence-corrected chi connectivity index (χ3v) is 6.32. The number of aromatic hydroxyl groups is 1. The van der Waals surface area contributed by atoms with E-state index in [-0.39, 0.29) is 5.91 Å². The second-order valence-electron chi connectivity index (χ2n) is 8.42. The molecule has 0 bridgehead atoms. The van der Waals surface area contributed by atoms with Crippen LogP contribution in [0.2, 0.25) is 5.02 Å². The van der Waals surface area contributed by atoms with Gasteiger partial charge in [0.25, 0.3) is 5.91 Å². The molecule has 0 spiro atoms. The Balaban J connectivity index is 1.50. The van der Waals surface area contributed by atoms with Crippen molar-refractivity contribution in [3.63, 3.8) is 0 Å². The highest BCUT2D eigenvalue weighted by Gasteiger charge is 2.19. The third kappa shape index (κ3) is 5.34. The van der Waals surface area contributed by atoms with Crippen LogP contribution in [0.1, 0.15) is 52.7 Å². The van der Waals surface area contributed by atoms with Crippen LogP contribution in [-0.4, -0.2) is 47.0 Å². The van der Waals surface area contributed by atoms with Crippen molar-refractivity contribution in [2.24, 2.45) is 0 Å². The number of hydrogen-bond donors (Lipinski definition) is 2. The summed E-state index contributed by atoms with van der Waals surface area (Å²) in [5.41, 5.74) is 3.54. The summed E-state index contributed by atoms with van der Waals surface area (Å²) < 4.78 is 0. The summed E-state index contributed by atoms with van der Waals surface area (Å²) >= 11 is 5.92. The Labute approximate surface area is 183 Å². The lowest BCUT2D eigenvalue weighted by molar-refractivity contribution is 0.0951. The molecule has 2 aliphatic rings. The van der Waals surface area contributed by atoms with E-state index in [0.717, 1.165) is 56.0 Å². The van der Waals surface area contributed by atoms with Gasteiger partial charge in [-0.3, -0.25) is 14.6 Å². The van der Waals surface area contributed by atoms with Gasteiger partial charge in [0.05, 0.1) is 0 Å². The molecule has 30 heavy (non-hydrogen) atoms. The Morgan fingerprint density at radius 3 is 1.90 bits per heavy atom. The van der Waals surface area contributed by atoms with E-state index in [2.05, 4.69) is 15.1 Å². The third-order valence-electron chi connectivity index (χ3n) is 6.07. The molecule has 2 N–H and O–H groups in total. The predicted molar refractivity (Wildman–Crippen MR) is 120 cm³/mol. The Hall–Kier alpha value is -2.08. The first-order chi connectivity index (χ1) is 14.6. The van der Waals surface area contributed by atoms with Crippen molar-refractivity contribution in [2.75, 3.05) is 26.2 Å². The van der Waals surface area contributed by atoms with Crippen molar-refractivity contribution in [3.05, 3.63) is 63.7 Å². The Bertz CT molecular complexity index is 834. The SMILES string of the molecule is O=C(NCc1cc(CN2CCCC2)c(O)c(CN2CCCC2)c1)c1ccc(Cl)cc1. The highest BCUT2D eigenvalue weighted by atomic mass is 35.5. The van der Waals surface area contributed by atoms with Crippen LogP contribution in [0.5, 0.6) is 5.75 Å². The Morgan fingerprint density at radius 2 is 1.40 bits per heavy atom. The number of carbonyl (C=O) groups is 1. The largest absolute Gasteiger partial charge is 0.507 e. The molecule has 4 rings (SSSR count). The first-order valence-electron chi connectivity index (χ1n) is 10.9. The monoisotopic (exact) mass is 427 g/mol. The fraction of sp³-hybridized carbons (Fsp3) is 0.458. The van der Waals surface area contributed by atoms with E-state index in [1.807, 2.05) is 12.1 Å². The van der Waals surface area contributed by atoms with Gasteiger partial charge in [-0.2, -0.15) is 0 Å². The summed E-state index contributed by atoms with van der Waals surface area (Å²) in [7, 11) is 0. The topological polar surface area (TPSA) is 55.8 Å². The first-order valence-corrected chi connectivity index (χ1v) is 11.3. The van der Waals surface area contributed by atoms with Crippen LogP contribution in [0.25, 0.3) is 0 Å². The molecule has 2 saturated heterocycles. The predicted octanol–water partition coefficient (Wildman–Crippen LogP) is 4.17. The highest BCUT2D eigenvalue weighted by Crippen LogP contribution is 2.29. The molecule has 5 nitrogen and oxygen atoms in total. The lowest BCUT2D eigenvalue weighted by atomic mass is 10.0. The van der Waals surface area contributed by atoms with E-state index in [0.29, 0.717) is 22.9 Å². The highest BCUT2D eigenvalue weighted by molar-refractivity contribution is 6.30. The molecule has 2 aromatic carbocycles. The second kappa shape index (κ2) is 9.82. The van der Waals surface area contributed by atoms with Crippen LogP contribution < -0.4 is 5.32 Å². The lowest BCUT2D eigenvalue weighted by Crippen LogP contribution is -2.24. The van der Waals surface area contributed by atoms with Crippen molar-refractivity contribution >= 4 is 17.5 Å². The number of hydrogen-bond acceptors (Lipinski definition) is 4. The molecule has 0 aliphatic carbocycles. The van der Waals surface area contributed by atoms with Gasteiger partial charge in [0.2, 0.25) is 0 Å². The van der Waals surface area contributed by atoms with Crippen LogP contribution in [0.3, 0.4) is 0 Å². The maximum atomic E-state index is 12.5. The zero-order chi connectivity index (χ0) is 20.9. The van der Waals surface area contributed by atoms with Gasteiger partial charge in [0.15, 0.2) is 0 Å². The first kappa shape index (κ1) is 21.2. The molecule has 6 heteroatoms. The minimum Gasteiger partial charge on any atom is -0.507 e. The van der Waals surface area contributed by atoms with E-state index in [1.54, 1.807) is 24.3 Å². The summed E-state index contributed by atoms with van der Waals surface area (Å²) in [6.45, 7) is 6.28. The fourth-order valence-corrected chi connectivity index (χ4v) is 4.55. The molecular formula is C24H30ClN3O2. The molecule has 2 fully saturated rings. The van der Waals surface area contributed by atoms with Crippen molar-refractivity contribution in [2.45, 2.75) is 45.3 Å². The summed E-state index contributed by atoms with van der Waals surface area (Å²) in [6.07, 6.45) is 4.88. The zero-order valence-corrected chi connectivity index (χ0v) is 18.1. The molecule has 0 atom stereocenters. The standard InChI is InChI=1S/C24H30ClN3O2/c25-22-7-5-19(6-8-22)24(30)26-15-18-13-20(16-27-9-1-2-10-27)23(29)21(14-18)17-28-11-3-4-12-28/h5-8,13-14,29H,1-4,9-12,15-17H2,(H,26,30). The number of nitrogens with zero attached hydrogens (tertiary/aromatic N) is 2. The lowest BCUT2D eigenvalue weighted by Gasteiger charge is -2.21. The zero-order valence-electron chi connectivity index (χ0n) is 17.4. The van der Waals surface area contributed by atoms with Gasteiger partial charge in [-0.25, -0.2) is 0 Å².